The van der Waals surface area contributed by atoms with Gasteiger partial charge in [-0.05, 0) is 54.4 Å². The van der Waals surface area contributed by atoms with Crippen LogP contribution in [-0.2, 0) is 0 Å². The van der Waals surface area contributed by atoms with Crippen LogP contribution in [-0.4, -0.2) is 5.11 Å². The van der Waals surface area contributed by atoms with Crippen LogP contribution in [0.15, 0.2) is 42.5 Å². The van der Waals surface area contributed by atoms with E-state index in [9.17, 15) is 4.39 Å². The standard InChI is InChI=1S/C17H18ClFN2S/c1-3-11(2)13-6-4-5-7-16(13)21-17(22)20-12-8-9-15(19)14(18)10-12/h4-11H,3H2,1-2H3,(H2,20,21,22). The van der Waals surface area contributed by atoms with Crippen LogP contribution >= 0.6 is 23.8 Å². The second-order valence-corrected chi connectivity index (χ2v) is 5.92. The Bertz CT molecular complexity index is 675. The molecule has 0 saturated carbocycles. The van der Waals surface area contributed by atoms with E-state index in [1.807, 2.05) is 18.2 Å². The number of benzene rings is 2. The highest BCUT2D eigenvalue weighted by atomic mass is 35.5. The molecule has 0 aliphatic heterocycles. The van der Waals surface area contributed by atoms with Crippen LogP contribution in [0.1, 0.15) is 31.7 Å². The first kappa shape index (κ1) is 16.7. The molecule has 2 rings (SSSR count). The van der Waals surface area contributed by atoms with E-state index in [-0.39, 0.29) is 5.02 Å². The van der Waals surface area contributed by atoms with Crippen LogP contribution in [0.25, 0.3) is 0 Å². The lowest BCUT2D eigenvalue weighted by molar-refractivity contribution is 0.628. The fraction of sp³-hybridized carbons (Fsp3) is 0.235. The zero-order chi connectivity index (χ0) is 16.1. The summed E-state index contributed by atoms with van der Waals surface area (Å²) in [6.07, 6.45) is 1.05. The van der Waals surface area contributed by atoms with Crippen molar-refractivity contribution in [1.82, 2.24) is 0 Å². The van der Waals surface area contributed by atoms with E-state index in [0.29, 0.717) is 16.7 Å². The van der Waals surface area contributed by atoms with Crippen LogP contribution in [0.2, 0.25) is 5.02 Å². The van der Waals surface area contributed by atoms with Crippen molar-refractivity contribution in [3.63, 3.8) is 0 Å². The molecule has 1 unspecified atom stereocenters. The highest BCUT2D eigenvalue weighted by Gasteiger charge is 2.10. The SMILES string of the molecule is CCC(C)c1ccccc1NC(=S)Nc1ccc(F)c(Cl)c1. The number of thiocarbonyl (C=S) groups is 1. The van der Waals surface area contributed by atoms with Crippen LogP contribution in [0.5, 0.6) is 0 Å². The van der Waals surface area contributed by atoms with Crippen molar-refractivity contribution in [2.75, 3.05) is 10.6 Å². The number of rotatable bonds is 4. The maximum absolute atomic E-state index is 13.2. The average Bonchev–Trinajstić information content (AvgIpc) is 2.50. The molecule has 0 heterocycles. The minimum atomic E-state index is -0.451. The third-order valence-electron chi connectivity index (χ3n) is 3.53. The van der Waals surface area contributed by atoms with Gasteiger partial charge in [-0.15, -0.1) is 0 Å². The number of hydrogen-bond acceptors (Lipinski definition) is 1. The molecule has 2 nitrogen and oxygen atoms in total. The number of halogens is 2. The van der Waals surface area contributed by atoms with Crippen molar-refractivity contribution in [3.05, 3.63) is 58.9 Å². The van der Waals surface area contributed by atoms with Gasteiger partial charge in [0.2, 0.25) is 0 Å². The second-order valence-electron chi connectivity index (χ2n) is 5.10. The molecule has 1 atom stereocenters. The fourth-order valence-electron chi connectivity index (χ4n) is 2.12. The molecule has 0 bridgehead atoms. The van der Waals surface area contributed by atoms with Gasteiger partial charge < -0.3 is 10.6 Å². The largest absolute Gasteiger partial charge is 0.332 e. The van der Waals surface area contributed by atoms with E-state index >= 15 is 0 Å². The molecule has 5 heteroatoms. The minimum Gasteiger partial charge on any atom is -0.332 e. The molecule has 2 aromatic carbocycles. The molecule has 0 aliphatic rings. The topological polar surface area (TPSA) is 24.1 Å². The van der Waals surface area contributed by atoms with E-state index in [4.69, 9.17) is 23.8 Å². The summed E-state index contributed by atoms with van der Waals surface area (Å²) in [6.45, 7) is 4.33. The third-order valence-corrected chi connectivity index (χ3v) is 4.02. The van der Waals surface area contributed by atoms with Crippen molar-refractivity contribution in [2.24, 2.45) is 0 Å². The lowest BCUT2D eigenvalue weighted by Gasteiger charge is -2.17. The first-order chi connectivity index (χ1) is 10.5. The molecule has 0 amide bonds. The van der Waals surface area contributed by atoms with Crippen molar-refractivity contribution in [2.45, 2.75) is 26.2 Å². The summed E-state index contributed by atoms with van der Waals surface area (Å²) in [4.78, 5) is 0. The van der Waals surface area contributed by atoms with Gasteiger partial charge in [0.05, 0.1) is 5.02 Å². The fourth-order valence-corrected chi connectivity index (χ4v) is 2.53. The molecule has 2 aromatic rings. The zero-order valence-electron chi connectivity index (χ0n) is 12.5. The van der Waals surface area contributed by atoms with Crippen molar-refractivity contribution < 1.29 is 4.39 Å². The summed E-state index contributed by atoms with van der Waals surface area (Å²) >= 11 is 11.1. The van der Waals surface area contributed by atoms with Crippen LogP contribution in [0.3, 0.4) is 0 Å². The van der Waals surface area contributed by atoms with E-state index in [1.54, 1.807) is 6.07 Å². The van der Waals surface area contributed by atoms with Gasteiger partial charge in [0.1, 0.15) is 5.82 Å². The Balaban J connectivity index is 2.10. The molecular formula is C17H18ClFN2S. The van der Waals surface area contributed by atoms with Crippen LogP contribution in [0, 0.1) is 5.82 Å². The first-order valence-electron chi connectivity index (χ1n) is 7.13. The zero-order valence-corrected chi connectivity index (χ0v) is 14.1. The van der Waals surface area contributed by atoms with Gasteiger partial charge in [0.15, 0.2) is 5.11 Å². The first-order valence-corrected chi connectivity index (χ1v) is 7.92. The summed E-state index contributed by atoms with van der Waals surface area (Å²) in [5.74, 6) is -0.0139. The van der Waals surface area contributed by atoms with Crippen molar-refractivity contribution in [1.29, 1.82) is 0 Å². The number of hydrogen-bond donors (Lipinski definition) is 2. The maximum Gasteiger partial charge on any atom is 0.175 e. The summed E-state index contributed by atoms with van der Waals surface area (Å²) < 4.78 is 13.2. The highest BCUT2D eigenvalue weighted by Crippen LogP contribution is 2.27. The van der Waals surface area contributed by atoms with E-state index in [2.05, 4.69) is 30.5 Å². The van der Waals surface area contributed by atoms with Crippen LogP contribution < -0.4 is 10.6 Å². The Morgan fingerprint density at radius 3 is 2.64 bits per heavy atom. The summed E-state index contributed by atoms with van der Waals surface area (Å²) in [7, 11) is 0. The van der Waals surface area contributed by atoms with E-state index in [0.717, 1.165) is 12.1 Å². The number of anilines is 2. The Hall–Kier alpha value is -1.65. The Morgan fingerprint density at radius 1 is 1.23 bits per heavy atom. The number of para-hydroxylation sites is 1. The van der Waals surface area contributed by atoms with Gasteiger partial charge in [0, 0.05) is 11.4 Å². The van der Waals surface area contributed by atoms with E-state index < -0.39 is 5.82 Å². The van der Waals surface area contributed by atoms with Crippen molar-refractivity contribution in [3.8, 4) is 0 Å². The normalized spacial score (nSPS) is 11.8. The van der Waals surface area contributed by atoms with Gasteiger partial charge in [-0.2, -0.15) is 0 Å². The summed E-state index contributed by atoms with van der Waals surface area (Å²) in [5, 5.41) is 6.71. The van der Waals surface area contributed by atoms with Gasteiger partial charge >= 0.3 is 0 Å². The summed E-state index contributed by atoms with van der Waals surface area (Å²) in [6, 6.07) is 12.5. The monoisotopic (exact) mass is 336 g/mol. The molecular weight excluding hydrogens is 319 g/mol. The van der Waals surface area contributed by atoms with Gasteiger partial charge in [-0.3, -0.25) is 0 Å². The molecule has 0 radical (unpaired) electrons. The lowest BCUT2D eigenvalue weighted by atomic mass is 9.97. The average molecular weight is 337 g/mol. The molecule has 116 valence electrons. The predicted octanol–water partition coefficient (Wildman–Crippen LogP) is 5.80. The Morgan fingerprint density at radius 2 is 1.95 bits per heavy atom. The molecule has 0 fully saturated rings. The molecule has 0 aliphatic carbocycles. The quantitative estimate of drug-likeness (QED) is 0.690. The molecule has 0 spiro atoms. The second kappa shape index (κ2) is 7.56. The van der Waals surface area contributed by atoms with E-state index in [1.165, 1.54) is 17.7 Å². The Labute approximate surface area is 140 Å². The predicted molar refractivity (Wildman–Crippen MR) is 96.4 cm³/mol. The molecule has 2 N–H and O–H groups in total. The van der Waals surface area contributed by atoms with Gasteiger partial charge in [-0.25, -0.2) is 4.39 Å². The smallest absolute Gasteiger partial charge is 0.175 e. The molecule has 0 saturated heterocycles. The molecule has 0 aromatic heterocycles. The highest BCUT2D eigenvalue weighted by molar-refractivity contribution is 7.80. The number of nitrogens with one attached hydrogen (secondary N) is 2. The molecule has 22 heavy (non-hydrogen) atoms. The minimum absolute atomic E-state index is 0.0628. The third kappa shape index (κ3) is 4.18. The van der Waals surface area contributed by atoms with Gasteiger partial charge in [-0.1, -0.05) is 43.6 Å². The lowest BCUT2D eigenvalue weighted by Crippen LogP contribution is -2.20. The maximum atomic E-state index is 13.2. The van der Waals surface area contributed by atoms with Crippen molar-refractivity contribution >= 4 is 40.3 Å². The van der Waals surface area contributed by atoms with Gasteiger partial charge in [0.25, 0.3) is 0 Å². The summed E-state index contributed by atoms with van der Waals surface area (Å²) in [5.41, 5.74) is 2.83. The Kier molecular flexibility index (Phi) is 5.75. The van der Waals surface area contributed by atoms with Crippen LogP contribution in [0.4, 0.5) is 15.8 Å².